The fraction of sp³-hybridized carbons (Fsp3) is 0.115. The Morgan fingerprint density at radius 1 is 0.724 bits per heavy atom. The molecule has 1 heterocycles. The highest BCUT2D eigenvalue weighted by atomic mass is 16.3. The van der Waals surface area contributed by atoms with Crippen LogP contribution in [0, 0.1) is 0 Å². The monoisotopic (exact) mass is 378 g/mol. The van der Waals surface area contributed by atoms with Crippen molar-refractivity contribution in [1.82, 2.24) is 9.78 Å². The van der Waals surface area contributed by atoms with Crippen molar-refractivity contribution in [3.8, 4) is 11.3 Å². The zero-order valence-electron chi connectivity index (χ0n) is 16.1. The van der Waals surface area contributed by atoms with Crippen molar-refractivity contribution in [3.63, 3.8) is 0 Å². The van der Waals surface area contributed by atoms with Crippen molar-refractivity contribution in [3.05, 3.63) is 113 Å². The van der Waals surface area contributed by atoms with Gasteiger partial charge >= 0.3 is 0 Å². The first kappa shape index (κ1) is 17.5. The molecule has 1 aromatic heterocycles. The average Bonchev–Trinajstić information content (AvgIpc) is 3.37. The fourth-order valence-electron chi connectivity index (χ4n) is 4.13. The predicted molar refractivity (Wildman–Crippen MR) is 117 cm³/mol. The van der Waals surface area contributed by atoms with E-state index < -0.39 is 0 Å². The molecule has 0 radical (unpaired) electrons. The van der Waals surface area contributed by atoms with E-state index in [4.69, 9.17) is 5.10 Å². The fourth-order valence-corrected chi connectivity index (χ4v) is 4.13. The second kappa shape index (κ2) is 7.44. The molecule has 0 bridgehead atoms. The molecule has 1 aliphatic rings. The largest absolute Gasteiger partial charge is 0.505 e. The molecular formula is C26H22N2O. The molecule has 1 N–H and O–H groups in total. The first-order chi connectivity index (χ1) is 14.3. The minimum Gasteiger partial charge on any atom is -0.505 e. The van der Waals surface area contributed by atoms with Gasteiger partial charge in [-0.25, -0.2) is 4.68 Å². The lowest BCUT2D eigenvalue weighted by atomic mass is 10.0. The van der Waals surface area contributed by atoms with E-state index >= 15 is 0 Å². The van der Waals surface area contributed by atoms with Crippen molar-refractivity contribution in [2.24, 2.45) is 0 Å². The molecule has 142 valence electrons. The van der Waals surface area contributed by atoms with E-state index in [0.717, 1.165) is 47.3 Å². The summed E-state index contributed by atoms with van der Waals surface area (Å²) in [5.74, 6) is 0.232. The molecule has 1 aliphatic carbocycles. The van der Waals surface area contributed by atoms with Gasteiger partial charge in [0.25, 0.3) is 0 Å². The number of aliphatic hydroxyl groups is 1. The molecule has 0 saturated heterocycles. The van der Waals surface area contributed by atoms with Gasteiger partial charge in [-0.3, -0.25) is 0 Å². The van der Waals surface area contributed by atoms with Gasteiger partial charge in [0.2, 0.25) is 0 Å². The third-order valence-electron chi connectivity index (χ3n) is 5.48. The smallest absolute Gasteiger partial charge is 0.149 e. The summed E-state index contributed by atoms with van der Waals surface area (Å²) in [6.07, 6.45) is 3.14. The zero-order valence-corrected chi connectivity index (χ0v) is 16.1. The van der Waals surface area contributed by atoms with Gasteiger partial charge in [-0.2, -0.15) is 5.10 Å². The standard InChI is InChI=1S/C26H22N2O/c29-26(21-15-8-3-9-16-21)25(20-13-6-2-7-14-20)28-24(19-11-4-1-5-12-19)22-17-10-18-23(22)27-28/h1-9,11-16,29H,10,17-18H2/b26-25+. The maximum atomic E-state index is 11.4. The number of aliphatic hydroxyl groups excluding tert-OH is 1. The molecular weight excluding hydrogens is 356 g/mol. The van der Waals surface area contributed by atoms with Crippen molar-refractivity contribution >= 4 is 11.5 Å². The van der Waals surface area contributed by atoms with E-state index in [1.54, 1.807) is 0 Å². The van der Waals surface area contributed by atoms with Crippen molar-refractivity contribution in [2.75, 3.05) is 0 Å². The quantitative estimate of drug-likeness (QED) is 0.351. The van der Waals surface area contributed by atoms with E-state index in [1.807, 2.05) is 71.4 Å². The minimum absolute atomic E-state index is 0.232. The third kappa shape index (κ3) is 3.15. The van der Waals surface area contributed by atoms with Crippen LogP contribution in [0.5, 0.6) is 0 Å². The summed E-state index contributed by atoms with van der Waals surface area (Å²) in [5, 5.41) is 16.4. The molecule has 0 amide bonds. The van der Waals surface area contributed by atoms with Gasteiger partial charge in [-0.05, 0) is 19.3 Å². The average molecular weight is 378 g/mol. The van der Waals surface area contributed by atoms with Crippen LogP contribution in [0.25, 0.3) is 22.7 Å². The normalized spacial score (nSPS) is 13.8. The van der Waals surface area contributed by atoms with Crippen LogP contribution in [0.1, 0.15) is 28.8 Å². The van der Waals surface area contributed by atoms with Gasteiger partial charge in [0, 0.05) is 22.3 Å². The summed E-state index contributed by atoms with van der Waals surface area (Å²) < 4.78 is 1.96. The van der Waals surface area contributed by atoms with Gasteiger partial charge < -0.3 is 5.11 Å². The van der Waals surface area contributed by atoms with Gasteiger partial charge in [-0.1, -0.05) is 91.0 Å². The van der Waals surface area contributed by atoms with Crippen molar-refractivity contribution in [2.45, 2.75) is 19.3 Å². The summed E-state index contributed by atoms with van der Waals surface area (Å²) in [7, 11) is 0. The molecule has 0 unspecified atom stereocenters. The molecule has 0 fully saturated rings. The van der Waals surface area contributed by atoms with Crippen LogP contribution in [-0.2, 0) is 12.8 Å². The maximum absolute atomic E-state index is 11.4. The summed E-state index contributed by atoms with van der Waals surface area (Å²) in [5.41, 5.74) is 7.07. The lowest BCUT2D eigenvalue weighted by Crippen LogP contribution is -2.08. The number of aromatic nitrogens is 2. The summed E-state index contributed by atoms with van der Waals surface area (Å²) >= 11 is 0. The molecule has 0 atom stereocenters. The molecule has 29 heavy (non-hydrogen) atoms. The Hall–Kier alpha value is -3.59. The van der Waals surface area contributed by atoms with Crippen LogP contribution in [0.15, 0.2) is 91.0 Å². The molecule has 5 rings (SSSR count). The molecule has 0 aliphatic heterocycles. The molecule has 3 aromatic carbocycles. The summed E-state index contributed by atoms with van der Waals surface area (Å²) in [6.45, 7) is 0. The van der Waals surface area contributed by atoms with E-state index in [1.165, 1.54) is 5.56 Å². The number of aryl methyl sites for hydroxylation is 1. The Labute approximate surface area is 170 Å². The maximum Gasteiger partial charge on any atom is 0.149 e. The van der Waals surface area contributed by atoms with Crippen LogP contribution in [0.3, 0.4) is 0 Å². The number of hydrogen-bond donors (Lipinski definition) is 1. The van der Waals surface area contributed by atoms with Crippen LogP contribution < -0.4 is 0 Å². The van der Waals surface area contributed by atoms with Crippen molar-refractivity contribution in [1.29, 1.82) is 0 Å². The number of hydrogen-bond acceptors (Lipinski definition) is 2. The molecule has 4 aromatic rings. The Bertz CT molecular complexity index is 1160. The highest BCUT2D eigenvalue weighted by Crippen LogP contribution is 2.37. The van der Waals surface area contributed by atoms with Crippen LogP contribution in [-0.4, -0.2) is 14.9 Å². The molecule has 3 nitrogen and oxygen atoms in total. The van der Waals surface area contributed by atoms with Gasteiger partial charge in [-0.15, -0.1) is 0 Å². The predicted octanol–water partition coefficient (Wildman–Crippen LogP) is 5.97. The Morgan fingerprint density at radius 3 is 1.97 bits per heavy atom. The van der Waals surface area contributed by atoms with Crippen molar-refractivity contribution < 1.29 is 5.11 Å². The summed E-state index contributed by atoms with van der Waals surface area (Å²) in [4.78, 5) is 0. The second-order valence-electron chi connectivity index (χ2n) is 7.33. The highest BCUT2D eigenvalue weighted by molar-refractivity contribution is 5.89. The second-order valence-corrected chi connectivity index (χ2v) is 7.33. The topological polar surface area (TPSA) is 38.0 Å². The van der Waals surface area contributed by atoms with E-state index in [9.17, 15) is 5.11 Å². The molecule has 0 saturated carbocycles. The lowest BCUT2D eigenvalue weighted by Gasteiger charge is -2.16. The van der Waals surface area contributed by atoms with E-state index in [0.29, 0.717) is 5.70 Å². The number of fused-ring (bicyclic) bond motifs is 1. The number of nitrogens with zero attached hydrogens (tertiary/aromatic N) is 2. The lowest BCUT2D eigenvalue weighted by molar-refractivity contribution is 0.510. The van der Waals surface area contributed by atoms with E-state index in [-0.39, 0.29) is 5.76 Å². The summed E-state index contributed by atoms with van der Waals surface area (Å²) in [6, 6.07) is 30.1. The van der Waals surface area contributed by atoms with Crippen LogP contribution >= 0.6 is 0 Å². The molecule has 0 spiro atoms. The van der Waals surface area contributed by atoms with Gasteiger partial charge in [0.1, 0.15) is 11.5 Å². The van der Waals surface area contributed by atoms with Crippen LogP contribution in [0.2, 0.25) is 0 Å². The highest BCUT2D eigenvalue weighted by Gasteiger charge is 2.26. The zero-order chi connectivity index (χ0) is 19.6. The first-order valence-electron chi connectivity index (χ1n) is 10.0. The Balaban J connectivity index is 1.81. The number of rotatable bonds is 4. The van der Waals surface area contributed by atoms with Gasteiger partial charge in [0.15, 0.2) is 0 Å². The SMILES string of the molecule is O/C(=C(\c1ccccc1)n1nc2c(c1-c1ccccc1)CCC2)c1ccccc1. The number of benzene rings is 3. The Kier molecular flexibility index (Phi) is 4.49. The first-order valence-corrected chi connectivity index (χ1v) is 10.0. The van der Waals surface area contributed by atoms with Gasteiger partial charge in [0.05, 0.1) is 11.4 Å². The molecule has 3 heteroatoms. The minimum atomic E-state index is 0.232. The third-order valence-corrected chi connectivity index (χ3v) is 5.48. The van der Waals surface area contributed by atoms with E-state index in [2.05, 4.69) is 24.3 Å². The van der Waals surface area contributed by atoms with Crippen LogP contribution in [0.4, 0.5) is 0 Å². The Morgan fingerprint density at radius 2 is 1.31 bits per heavy atom.